The third-order valence-corrected chi connectivity index (χ3v) is 4.68. The monoisotopic (exact) mass is 445 g/mol. The lowest BCUT2D eigenvalue weighted by Gasteiger charge is -2.14. The van der Waals surface area contributed by atoms with Crippen LogP contribution in [0.25, 0.3) is 0 Å². The lowest BCUT2D eigenvalue weighted by Crippen LogP contribution is -2.12. The Kier molecular flexibility index (Phi) is 7.55. The van der Waals surface area contributed by atoms with Gasteiger partial charge in [-0.2, -0.15) is 0 Å². The highest BCUT2D eigenvalue weighted by Crippen LogP contribution is 2.38. The number of amides is 1. The third kappa shape index (κ3) is 5.63. The fourth-order valence-corrected chi connectivity index (χ4v) is 3.08. The van der Waals surface area contributed by atoms with Gasteiger partial charge in [0.05, 0.1) is 34.0 Å². The Bertz CT molecular complexity index is 1210. The van der Waals surface area contributed by atoms with E-state index in [2.05, 4.69) is 17.2 Å². The van der Waals surface area contributed by atoms with Crippen molar-refractivity contribution in [2.24, 2.45) is 0 Å². The Balaban J connectivity index is 1.81. The minimum atomic E-state index is -0.421. The van der Waals surface area contributed by atoms with Gasteiger partial charge in [0.25, 0.3) is 5.91 Å². The highest BCUT2D eigenvalue weighted by atomic mass is 16.5. The number of hydrogen-bond donors (Lipinski definition) is 1. The van der Waals surface area contributed by atoms with E-state index in [0.717, 1.165) is 0 Å². The molecular formula is C26H23NO6. The molecule has 0 spiro atoms. The summed E-state index contributed by atoms with van der Waals surface area (Å²) in [6.07, 6.45) is 0. The first kappa shape index (κ1) is 23.2. The number of ether oxygens (including phenoxy) is 4. The molecule has 3 aromatic rings. The second kappa shape index (κ2) is 10.7. The standard InChI is InChI=1S/C26H23NO6/c1-30-22-15-20(16-23(31-2)24(22)32-3)25(28)27-21-10-6-8-18(14-21)12-11-17-7-5-9-19(13-17)26(29)33-4/h5-10,13-16H,1-4H3,(H,27,28). The van der Waals surface area contributed by atoms with Crippen molar-refractivity contribution in [3.05, 3.63) is 82.9 Å². The predicted molar refractivity (Wildman–Crippen MR) is 124 cm³/mol. The zero-order valence-corrected chi connectivity index (χ0v) is 18.7. The summed E-state index contributed by atoms with van der Waals surface area (Å²) in [5.41, 5.74) is 2.71. The summed E-state index contributed by atoms with van der Waals surface area (Å²) in [5, 5.41) is 2.85. The second-order valence-electron chi connectivity index (χ2n) is 6.77. The average Bonchev–Trinajstić information content (AvgIpc) is 2.86. The number of rotatable bonds is 6. The Morgan fingerprint density at radius 2 is 1.33 bits per heavy atom. The summed E-state index contributed by atoms with van der Waals surface area (Å²) in [4.78, 5) is 24.5. The van der Waals surface area contributed by atoms with Crippen LogP contribution in [0.4, 0.5) is 5.69 Å². The van der Waals surface area contributed by atoms with E-state index in [1.807, 2.05) is 6.07 Å². The van der Waals surface area contributed by atoms with Crippen molar-refractivity contribution in [3.8, 4) is 29.1 Å². The van der Waals surface area contributed by atoms with Crippen LogP contribution >= 0.6 is 0 Å². The Labute approximate surface area is 192 Å². The van der Waals surface area contributed by atoms with Gasteiger partial charge in [0.15, 0.2) is 11.5 Å². The van der Waals surface area contributed by atoms with E-state index in [0.29, 0.717) is 45.2 Å². The molecule has 0 heterocycles. The number of benzene rings is 3. The topological polar surface area (TPSA) is 83.1 Å². The van der Waals surface area contributed by atoms with Crippen molar-refractivity contribution in [1.82, 2.24) is 0 Å². The highest BCUT2D eigenvalue weighted by molar-refractivity contribution is 6.05. The largest absolute Gasteiger partial charge is 0.493 e. The second-order valence-corrected chi connectivity index (χ2v) is 6.77. The summed E-state index contributed by atoms with van der Waals surface area (Å²) in [7, 11) is 5.81. The van der Waals surface area contributed by atoms with Crippen molar-refractivity contribution < 1.29 is 28.5 Å². The fraction of sp³-hybridized carbons (Fsp3) is 0.154. The number of anilines is 1. The van der Waals surface area contributed by atoms with Crippen LogP contribution < -0.4 is 19.5 Å². The van der Waals surface area contributed by atoms with Crippen molar-refractivity contribution >= 4 is 17.6 Å². The van der Waals surface area contributed by atoms with E-state index in [1.165, 1.54) is 28.4 Å². The molecule has 7 nitrogen and oxygen atoms in total. The molecule has 0 atom stereocenters. The fourth-order valence-electron chi connectivity index (χ4n) is 3.08. The van der Waals surface area contributed by atoms with Crippen LogP contribution in [0.3, 0.4) is 0 Å². The van der Waals surface area contributed by atoms with Gasteiger partial charge in [-0.1, -0.05) is 24.0 Å². The molecule has 33 heavy (non-hydrogen) atoms. The molecule has 3 rings (SSSR count). The van der Waals surface area contributed by atoms with Gasteiger partial charge in [-0.05, 0) is 48.5 Å². The molecule has 0 unspecified atom stereocenters. The van der Waals surface area contributed by atoms with Crippen molar-refractivity contribution in [3.63, 3.8) is 0 Å². The maximum atomic E-state index is 12.8. The van der Waals surface area contributed by atoms with Crippen LogP contribution in [-0.4, -0.2) is 40.3 Å². The van der Waals surface area contributed by atoms with Crippen LogP contribution in [0.2, 0.25) is 0 Å². The van der Waals surface area contributed by atoms with E-state index in [9.17, 15) is 9.59 Å². The Morgan fingerprint density at radius 3 is 1.91 bits per heavy atom. The van der Waals surface area contributed by atoms with Crippen LogP contribution in [-0.2, 0) is 4.74 Å². The number of carbonyl (C=O) groups is 2. The normalized spacial score (nSPS) is 9.82. The number of hydrogen-bond acceptors (Lipinski definition) is 6. The zero-order chi connectivity index (χ0) is 23.8. The van der Waals surface area contributed by atoms with Crippen molar-refractivity contribution in [1.29, 1.82) is 0 Å². The summed E-state index contributed by atoms with van der Waals surface area (Å²) < 4.78 is 20.7. The van der Waals surface area contributed by atoms with Gasteiger partial charge in [-0.15, -0.1) is 0 Å². The van der Waals surface area contributed by atoms with E-state index < -0.39 is 5.97 Å². The van der Waals surface area contributed by atoms with Gasteiger partial charge >= 0.3 is 5.97 Å². The van der Waals surface area contributed by atoms with Crippen LogP contribution in [0.5, 0.6) is 17.2 Å². The lowest BCUT2D eigenvalue weighted by atomic mass is 10.1. The summed E-state index contributed by atoms with van der Waals surface area (Å²) in [6, 6.07) is 17.2. The minimum absolute atomic E-state index is 0.342. The van der Waals surface area contributed by atoms with Crippen molar-refractivity contribution in [2.45, 2.75) is 0 Å². The Morgan fingerprint density at radius 1 is 0.727 bits per heavy atom. The molecule has 0 saturated heterocycles. The quantitative estimate of drug-likeness (QED) is 0.453. The lowest BCUT2D eigenvalue weighted by molar-refractivity contribution is 0.0600. The van der Waals surface area contributed by atoms with Gasteiger partial charge in [0, 0.05) is 22.4 Å². The maximum Gasteiger partial charge on any atom is 0.337 e. The average molecular weight is 445 g/mol. The first-order chi connectivity index (χ1) is 16.0. The van der Waals surface area contributed by atoms with Crippen LogP contribution in [0, 0.1) is 11.8 Å². The van der Waals surface area contributed by atoms with E-state index >= 15 is 0 Å². The summed E-state index contributed by atoms with van der Waals surface area (Å²) in [5.74, 6) is 6.47. The third-order valence-electron chi connectivity index (χ3n) is 4.68. The van der Waals surface area contributed by atoms with Gasteiger partial charge < -0.3 is 24.3 Å². The number of nitrogens with one attached hydrogen (secondary N) is 1. The van der Waals surface area contributed by atoms with Crippen LogP contribution in [0.15, 0.2) is 60.7 Å². The number of carbonyl (C=O) groups excluding carboxylic acids is 2. The van der Waals surface area contributed by atoms with E-state index in [1.54, 1.807) is 54.6 Å². The van der Waals surface area contributed by atoms with Crippen molar-refractivity contribution in [2.75, 3.05) is 33.8 Å². The Hall–Kier alpha value is -4.44. The molecule has 168 valence electrons. The van der Waals surface area contributed by atoms with Gasteiger partial charge in [0.1, 0.15) is 0 Å². The number of esters is 1. The van der Waals surface area contributed by atoms with Gasteiger partial charge in [0.2, 0.25) is 5.75 Å². The smallest absolute Gasteiger partial charge is 0.337 e. The van der Waals surface area contributed by atoms with Crippen LogP contribution in [0.1, 0.15) is 31.8 Å². The maximum absolute atomic E-state index is 12.8. The molecule has 0 fully saturated rings. The van der Waals surface area contributed by atoms with Gasteiger partial charge in [-0.3, -0.25) is 4.79 Å². The summed E-state index contributed by atoms with van der Waals surface area (Å²) >= 11 is 0. The molecule has 0 saturated carbocycles. The predicted octanol–water partition coefficient (Wildman–Crippen LogP) is 4.15. The number of methoxy groups -OCH3 is 4. The molecule has 0 aliphatic heterocycles. The van der Waals surface area contributed by atoms with E-state index in [4.69, 9.17) is 18.9 Å². The highest BCUT2D eigenvalue weighted by Gasteiger charge is 2.17. The SMILES string of the molecule is COC(=O)c1cccc(C#Cc2cccc(NC(=O)c3cc(OC)c(OC)c(OC)c3)c2)c1. The first-order valence-electron chi connectivity index (χ1n) is 9.91. The molecule has 1 amide bonds. The minimum Gasteiger partial charge on any atom is -0.493 e. The van der Waals surface area contributed by atoms with Gasteiger partial charge in [-0.25, -0.2) is 4.79 Å². The molecule has 0 bridgehead atoms. The molecule has 3 aromatic carbocycles. The molecule has 0 radical (unpaired) electrons. The molecule has 0 aromatic heterocycles. The molecule has 1 N–H and O–H groups in total. The molecule has 0 aliphatic carbocycles. The summed E-state index contributed by atoms with van der Waals surface area (Å²) in [6.45, 7) is 0. The zero-order valence-electron chi connectivity index (χ0n) is 18.7. The molecule has 7 heteroatoms. The van der Waals surface area contributed by atoms with E-state index in [-0.39, 0.29) is 5.91 Å². The molecule has 0 aliphatic rings. The molecular weight excluding hydrogens is 422 g/mol. The first-order valence-corrected chi connectivity index (χ1v) is 9.91.